The molecule has 2 heteroatoms. The topological polar surface area (TPSA) is 20.2 Å². The highest BCUT2D eigenvalue weighted by Gasteiger charge is 2.59. The van der Waals surface area contributed by atoms with E-state index in [4.69, 9.17) is 0 Å². The molecule has 0 unspecified atom stereocenters. The van der Waals surface area contributed by atoms with Crippen LogP contribution in [0.4, 0.5) is 0 Å². The smallest absolute Gasteiger partial charge is 0.0940 e. The Balaban J connectivity index is 6.20. The second kappa shape index (κ2) is 6.79. The van der Waals surface area contributed by atoms with Crippen molar-refractivity contribution in [1.29, 1.82) is 0 Å². The summed E-state index contributed by atoms with van der Waals surface area (Å²) < 4.78 is 1.08. The van der Waals surface area contributed by atoms with Crippen LogP contribution >= 0.6 is 0 Å². The molecule has 0 aliphatic rings. The summed E-state index contributed by atoms with van der Waals surface area (Å²) in [6.07, 6.45) is 4.36. The van der Waals surface area contributed by atoms with Crippen LogP contribution in [0, 0.1) is 0 Å². The van der Waals surface area contributed by atoms with Crippen molar-refractivity contribution in [2.45, 2.75) is 105 Å². The van der Waals surface area contributed by atoms with E-state index in [0.29, 0.717) is 6.61 Å². The Morgan fingerprint density at radius 3 is 1.20 bits per heavy atom. The summed E-state index contributed by atoms with van der Waals surface area (Å²) in [4.78, 5) is 0. The minimum absolute atomic E-state index is 0.203. The molecule has 0 aromatic carbocycles. The van der Waals surface area contributed by atoms with Crippen molar-refractivity contribution in [3.05, 3.63) is 0 Å². The monoisotopic (exact) mass is 286 g/mol. The molecule has 0 aliphatic heterocycles. The van der Waals surface area contributed by atoms with Crippen molar-refractivity contribution in [2.75, 3.05) is 13.2 Å². The average Bonchev–Trinajstić information content (AvgIpc) is 2.38. The summed E-state index contributed by atoms with van der Waals surface area (Å²) in [6.45, 7) is 22.8. The van der Waals surface area contributed by atoms with Gasteiger partial charge in [0.2, 0.25) is 0 Å². The Labute approximate surface area is 128 Å². The quantitative estimate of drug-likeness (QED) is 0.606. The zero-order chi connectivity index (χ0) is 16.2. The molecule has 0 saturated carbocycles. The van der Waals surface area contributed by atoms with Crippen LogP contribution in [0.3, 0.4) is 0 Å². The summed E-state index contributed by atoms with van der Waals surface area (Å²) in [5.41, 5.74) is 0.608. The number of nitrogens with zero attached hydrogens (tertiary/aromatic N) is 1. The van der Waals surface area contributed by atoms with Crippen LogP contribution in [0.15, 0.2) is 0 Å². The third-order valence-electron chi connectivity index (χ3n) is 6.35. The molecule has 0 bridgehead atoms. The van der Waals surface area contributed by atoms with Gasteiger partial charge in [0.15, 0.2) is 0 Å². The van der Waals surface area contributed by atoms with Crippen molar-refractivity contribution < 1.29 is 9.59 Å². The van der Waals surface area contributed by atoms with Crippen molar-refractivity contribution in [2.24, 2.45) is 0 Å². The minimum atomic E-state index is 0.203. The molecule has 1 N–H and O–H groups in total. The lowest BCUT2D eigenvalue weighted by Crippen LogP contribution is -2.78. The summed E-state index contributed by atoms with van der Waals surface area (Å²) in [7, 11) is 0. The number of aliphatic hydroxyl groups excluding tert-OH is 1. The molecule has 20 heavy (non-hydrogen) atoms. The minimum Gasteiger partial charge on any atom is -0.396 e. The number of aliphatic hydroxyl groups is 1. The third-order valence-corrected chi connectivity index (χ3v) is 6.35. The van der Waals surface area contributed by atoms with Gasteiger partial charge in [0, 0.05) is 13.0 Å². The van der Waals surface area contributed by atoms with Gasteiger partial charge in [0.1, 0.15) is 0 Å². The largest absolute Gasteiger partial charge is 0.396 e. The fourth-order valence-corrected chi connectivity index (χ4v) is 4.48. The molecule has 0 atom stereocenters. The molecule has 0 saturated heterocycles. The van der Waals surface area contributed by atoms with E-state index in [1.54, 1.807) is 0 Å². The van der Waals surface area contributed by atoms with Crippen LogP contribution in [-0.2, 0) is 0 Å². The number of quaternary nitrogens is 1. The van der Waals surface area contributed by atoms with E-state index in [1.807, 2.05) is 0 Å². The molecule has 0 amide bonds. The molecule has 122 valence electrons. The summed E-state index contributed by atoms with van der Waals surface area (Å²) in [5.74, 6) is 0. The molecule has 0 rings (SSSR count). The first-order chi connectivity index (χ1) is 8.99. The van der Waals surface area contributed by atoms with Gasteiger partial charge in [-0.15, -0.1) is 0 Å². The standard InChI is InChI=1S/C18H40NO/c1-10-16(4,5)19(14-13-15-20,17(6,7)11-2)18(8,9)12-3/h20H,10-15H2,1-9H3/q+1. The van der Waals surface area contributed by atoms with Crippen LogP contribution in [0.25, 0.3) is 0 Å². The maximum absolute atomic E-state index is 9.43. The second-order valence-corrected chi connectivity index (χ2v) is 8.11. The van der Waals surface area contributed by atoms with E-state index in [9.17, 15) is 5.11 Å². The Hall–Kier alpha value is -0.0800. The molecule has 0 aromatic rings. The van der Waals surface area contributed by atoms with Crippen LogP contribution in [0.1, 0.15) is 88.0 Å². The molecule has 0 radical (unpaired) electrons. The van der Waals surface area contributed by atoms with E-state index in [-0.39, 0.29) is 16.6 Å². The third kappa shape index (κ3) is 3.06. The molecule has 0 heterocycles. The summed E-state index contributed by atoms with van der Waals surface area (Å²) in [6, 6.07) is 0. The molecular formula is C18H40NO+. The van der Waals surface area contributed by atoms with Crippen molar-refractivity contribution in [3.63, 3.8) is 0 Å². The first-order valence-corrected chi connectivity index (χ1v) is 8.49. The van der Waals surface area contributed by atoms with Gasteiger partial charge in [-0.05, 0) is 60.8 Å². The number of hydrogen-bond acceptors (Lipinski definition) is 1. The van der Waals surface area contributed by atoms with E-state index in [2.05, 4.69) is 62.3 Å². The van der Waals surface area contributed by atoms with Gasteiger partial charge < -0.3 is 9.59 Å². The van der Waals surface area contributed by atoms with Gasteiger partial charge in [-0.2, -0.15) is 0 Å². The summed E-state index contributed by atoms with van der Waals surface area (Å²) >= 11 is 0. The van der Waals surface area contributed by atoms with Gasteiger partial charge >= 0.3 is 0 Å². The van der Waals surface area contributed by atoms with Gasteiger partial charge in [0.25, 0.3) is 0 Å². The first-order valence-electron chi connectivity index (χ1n) is 8.49. The average molecular weight is 287 g/mol. The number of rotatable bonds is 9. The fraction of sp³-hybridized carbons (Fsp3) is 1.00. The molecule has 0 aliphatic carbocycles. The summed E-state index contributed by atoms with van der Waals surface area (Å²) in [5, 5.41) is 9.43. The van der Waals surface area contributed by atoms with Gasteiger partial charge in [0.05, 0.1) is 23.2 Å². The van der Waals surface area contributed by atoms with Crippen molar-refractivity contribution in [3.8, 4) is 0 Å². The van der Waals surface area contributed by atoms with Crippen molar-refractivity contribution >= 4 is 0 Å². The molecule has 0 fully saturated rings. The highest BCUT2D eigenvalue weighted by molar-refractivity contribution is 4.87. The molecule has 0 spiro atoms. The van der Waals surface area contributed by atoms with Crippen molar-refractivity contribution in [1.82, 2.24) is 0 Å². The maximum Gasteiger partial charge on any atom is 0.0940 e. The zero-order valence-corrected chi connectivity index (χ0v) is 15.6. The molecular weight excluding hydrogens is 246 g/mol. The second-order valence-electron chi connectivity index (χ2n) is 8.11. The lowest BCUT2D eigenvalue weighted by molar-refractivity contribution is -1.05. The van der Waals surface area contributed by atoms with E-state index < -0.39 is 0 Å². The van der Waals surface area contributed by atoms with Crippen LogP contribution in [-0.4, -0.2) is 39.4 Å². The predicted molar refractivity (Wildman–Crippen MR) is 89.9 cm³/mol. The Morgan fingerprint density at radius 2 is 1.00 bits per heavy atom. The normalized spacial score (nSPS) is 14.7. The first kappa shape index (κ1) is 19.9. The van der Waals surface area contributed by atoms with E-state index in [0.717, 1.165) is 36.7 Å². The molecule has 2 nitrogen and oxygen atoms in total. The zero-order valence-electron chi connectivity index (χ0n) is 15.6. The van der Waals surface area contributed by atoms with Gasteiger partial charge in [-0.25, -0.2) is 0 Å². The van der Waals surface area contributed by atoms with Crippen LogP contribution < -0.4 is 0 Å². The highest BCUT2D eigenvalue weighted by atomic mass is 16.3. The Kier molecular flexibility index (Phi) is 6.76. The predicted octanol–water partition coefficient (Wildman–Crippen LogP) is 4.75. The lowest BCUT2D eigenvalue weighted by Gasteiger charge is -2.66. The SMILES string of the molecule is CCC(C)(C)[N+](CCCO)(C(C)(C)CC)C(C)(C)CC. The Bertz CT molecular complexity index is 251. The van der Waals surface area contributed by atoms with E-state index in [1.165, 1.54) is 0 Å². The lowest BCUT2D eigenvalue weighted by atomic mass is 9.76. The Morgan fingerprint density at radius 1 is 0.700 bits per heavy atom. The van der Waals surface area contributed by atoms with E-state index >= 15 is 0 Å². The van der Waals surface area contributed by atoms with Crippen LogP contribution in [0.2, 0.25) is 0 Å². The highest BCUT2D eigenvalue weighted by Crippen LogP contribution is 2.48. The van der Waals surface area contributed by atoms with Gasteiger partial charge in [-0.3, -0.25) is 0 Å². The maximum atomic E-state index is 9.43. The number of hydrogen-bond donors (Lipinski definition) is 1. The fourth-order valence-electron chi connectivity index (χ4n) is 4.48. The molecule has 0 aromatic heterocycles. The van der Waals surface area contributed by atoms with Crippen LogP contribution in [0.5, 0.6) is 0 Å². The van der Waals surface area contributed by atoms with Gasteiger partial charge in [-0.1, -0.05) is 20.8 Å².